The van der Waals surface area contributed by atoms with Gasteiger partial charge in [-0.2, -0.15) is 0 Å². The van der Waals surface area contributed by atoms with E-state index >= 15 is 0 Å². The van der Waals surface area contributed by atoms with E-state index in [-0.39, 0.29) is 29.2 Å². The van der Waals surface area contributed by atoms with Gasteiger partial charge in [-0.25, -0.2) is 9.59 Å². The van der Waals surface area contributed by atoms with E-state index in [1.807, 2.05) is 0 Å². The van der Waals surface area contributed by atoms with Crippen LogP contribution in [0.2, 0.25) is 0 Å². The van der Waals surface area contributed by atoms with Crippen molar-refractivity contribution in [2.24, 2.45) is 5.92 Å². The van der Waals surface area contributed by atoms with Crippen LogP contribution in [-0.4, -0.2) is 65.1 Å². The maximum absolute atomic E-state index is 12.7. The molecule has 1 aromatic carbocycles. The van der Waals surface area contributed by atoms with Gasteiger partial charge in [0.25, 0.3) is 0 Å². The van der Waals surface area contributed by atoms with Gasteiger partial charge < -0.3 is 29.5 Å². The number of rotatable bonds is 3. The number of hydrogen-bond donors (Lipinski definition) is 3. The van der Waals surface area contributed by atoms with Crippen LogP contribution in [0.1, 0.15) is 36.2 Å². The Kier molecular flexibility index (Phi) is 8.35. The second-order valence-electron chi connectivity index (χ2n) is 7.15. The van der Waals surface area contributed by atoms with Crippen LogP contribution in [0.4, 0.5) is 0 Å². The number of methoxy groups -OCH3 is 1. The van der Waals surface area contributed by atoms with Crippen molar-refractivity contribution in [3.63, 3.8) is 0 Å². The first-order chi connectivity index (χ1) is 14.6. The number of phenols is 1. The summed E-state index contributed by atoms with van der Waals surface area (Å²) in [7, 11) is 1.20. The molecule has 31 heavy (non-hydrogen) atoms. The molecule has 3 N–H and O–H groups in total. The average Bonchev–Trinajstić information content (AvgIpc) is 2.73. The van der Waals surface area contributed by atoms with Gasteiger partial charge >= 0.3 is 11.9 Å². The van der Waals surface area contributed by atoms with Crippen LogP contribution in [0.3, 0.4) is 0 Å². The smallest absolute Gasteiger partial charge is 0.343 e. The molecule has 0 saturated carbocycles. The molecule has 0 unspecified atom stereocenters. The quantitative estimate of drug-likeness (QED) is 0.602. The van der Waals surface area contributed by atoms with Gasteiger partial charge in [0.2, 0.25) is 0 Å². The number of ketones is 1. The fourth-order valence-corrected chi connectivity index (χ4v) is 2.75. The Bertz CT molecular complexity index is 887. The predicted molar refractivity (Wildman–Crippen MR) is 109 cm³/mol. The molecule has 1 aliphatic rings. The van der Waals surface area contributed by atoms with Crippen molar-refractivity contribution < 1.29 is 43.9 Å². The first-order valence-electron chi connectivity index (χ1n) is 9.66. The lowest BCUT2D eigenvalue weighted by Gasteiger charge is -2.20. The molecule has 9 heteroatoms. The summed E-state index contributed by atoms with van der Waals surface area (Å²) in [6, 6.07) is 2.58. The highest BCUT2D eigenvalue weighted by molar-refractivity contribution is 5.97. The highest BCUT2D eigenvalue weighted by Gasteiger charge is 2.25. The number of benzene rings is 1. The normalized spacial score (nSPS) is 26.7. The van der Waals surface area contributed by atoms with Gasteiger partial charge in [-0.1, -0.05) is 25.2 Å². The topological polar surface area (TPSA) is 140 Å². The second-order valence-corrected chi connectivity index (χ2v) is 7.15. The zero-order valence-electron chi connectivity index (χ0n) is 17.5. The Morgan fingerprint density at radius 3 is 2.58 bits per heavy atom. The van der Waals surface area contributed by atoms with Crippen LogP contribution in [0.15, 0.2) is 30.4 Å². The van der Waals surface area contributed by atoms with Gasteiger partial charge in [-0.15, -0.1) is 0 Å². The zero-order chi connectivity index (χ0) is 23.1. The molecule has 0 saturated heterocycles. The number of aliphatic hydroxyl groups is 2. The van der Waals surface area contributed by atoms with E-state index in [1.54, 1.807) is 13.8 Å². The molecule has 0 amide bonds. The Hall–Kier alpha value is -3.17. The predicted octanol–water partition coefficient (Wildman–Crippen LogP) is 1.39. The number of aliphatic hydroxyl groups excluding tert-OH is 2. The minimum atomic E-state index is -1.61. The van der Waals surface area contributed by atoms with Crippen molar-refractivity contribution in [1.29, 1.82) is 0 Å². The van der Waals surface area contributed by atoms with E-state index in [4.69, 9.17) is 9.47 Å². The van der Waals surface area contributed by atoms with Gasteiger partial charge in [0.1, 0.15) is 29.3 Å². The van der Waals surface area contributed by atoms with Gasteiger partial charge in [0.15, 0.2) is 12.4 Å². The summed E-state index contributed by atoms with van der Waals surface area (Å²) in [5.41, 5.74) is 0.0678. The third-order valence-corrected chi connectivity index (χ3v) is 4.84. The first-order valence-corrected chi connectivity index (χ1v) is 9.66. The minimum absolute atomic E-state index is 0.0975. The first kappa shape index (κ1) is 24.1. The summed E-state index contributed by atoms with van der Waals surface area (Å²) in [5, 5.41) is 30.5. The van der Waals surface area contributed by atoms with Crippen LogP contribution < -0.4 is 4.74 Å². The number of cyclic esters (lactones) is 1. The Labute approximate surface area is 179 Å². The molecular weight excluding hydrogens is 408 g/mol. The van der Waals surface area contributed by atoms with E-state index in [0.717, 1.165) is 6.08 Å². The van der Waals surface area contributed by atoms with Crippen LogP contribution in [0.5, 0.6) is 11.5 Å². The molecule has 2 rings (SSSR count). The molecule has 0 fully saturated rings. The molecule has 1 heterocycles. The maximum Gasteiger partial charge on any atom is 0.343 e. The number of hydrogen-bond acceptors (Lipinski definition) is 9. The Morgan fingerprint density at radius 1 is 1.19 bits per heavy atom. The fraction of sp³-hybridized carbons (Fsp3) is 0.409. The highest BCUT2D eigenvalue weighted by atomic mass is 16.6. The summed E-state index contributed by atoms with van der Waals surface area (Å²) in [6.07, 6.45) is 1.72. The van der Waals surface area contributed by atoms with E-state index in [9.17, 15) is 29.7 Å². The Balaban J connectivity index is 2.45. The van der Waals surface area contributed by atoms with Crippen molar-refractivity contribution in [3.05, 3.63) is 41.5 Å². The van der Waals surface area contributed by atoms with Crippen molar-refractivity contribution in [2.75, 3.05) is 13.7 Å². The number of fused-ring (bicyclic) bond motifs is 1. The molecule has 168 valence electrons. The molecule has 0 aliphatic carbocycles. The van der Waals surface area contributed by atoms with E-state index < -0.39 is 48.4 Å². The molecule has 9 nitrogen and oxygen atoms in total. The molecule has 0 spiro atoms. The lowest BCUT2D eigenvalue weighted by molar-refractivity contribution is -0.142. The zero-order valence-corrected chi connectivity index (χ0v) is 17.5. The largest absolute Gasteiger partial charge is 0.507 e. The summed E-state index contributed by atoms with van der Waals surface area (Å²) in [4.78, 5) is 36.1. The van der Waals surface area contributed by atoms with Crippen molar-refractivity contribution in [2.45, 2.75) is 38.6 Å². The number of aromatic hydroxyl groups is 1. The van der Waals surface area contributed by atoms with Crippen LogP contribution >= 0.6 is 0 Å². The third-order valence-electron chi connectivity index (χ3n) is 4.84. The number of phenolic OH excluding ortho intramolecular Hbond substituents is 1. The Morgan fingerprint density at radius 2 is 1.90 bits per heavy atom. The average molecular weight is 434 g/mol. The van der Waals surface area contributed by atoms with Crippen LogP contribution in [0, 0.1) is 5.92 Å². The standard InChI is InChI=1S/C22H26O9/c1-12-7-8-17(24)21(27)16(23)6-4-5-14-9-15(30-11-19(26)29-3)10-18(25)20(14)22(28)31-13(12)2/h4-5,7-10,12-13,16,21,23,25,27H,6,11H2,1-3H3/b5-4+,8-7-/t12-,13+,16+,21+/m1/s1. The van der Waals surface area contributed by atoms with Gasteiger partial charge in [0, 0.05) is 12.0 Å². The summed E-state index contributed by atoms with van der Waals surface area (Å²) >= 11 is 0. The lowest BCUT2D eigenvalue weighted by Crippen LogP contribution is -2.32. The highest BCUT2D eigenvalue weighted by Crippen LogP contribution is 2.31. The summed E-state index contributed by atoms with van der Waals surface area (Å²) in [5.74, 6) is -2.81. The summed E-state index contributed by atoms with van der Waals surface area (Å²) < 4.78 is 15.2. The van der Waals surface area contributed by atoms with E-state index in [0.29, 0.717) is 0 Å². The molecule has 0 aromatic heterocycles. The van der Waals surface area contributed by atoms with Crippen molar-refractivity contribution in [3.8, 4) is 11.5 Å². The SMILES string of the molecule is COC(=O)COc1cc(O)c2c(c1)/C=C/C[C@H](O)[C@H](O)C(=O)/C=C\[C@@H](C)[C@H](C)OC2=O. The minimum Gasteiger partial charge on any atom is -0.507 e. The molecule has 4 atom stereocenters. The molecule has 1 aromatic rings. The van der Waals surface area contributed by atoms with Crippen molar-refractivity contribution >= 4 is 23.8 Å². The monoisotopic (exact) mass is 434 g/mol. The number of carbonyl (C=O) groups excluding carboxylic acids is 3. The number of ether oxygens (including phenoxy) is 3. The maximum atomic E-state index is 12.7. The van der Waals surface area contributed by atoms with Crippen LogP contribution in [-0.2, 0) is 19.1 Å². The van der Waals surface area contributed by atoms with E-state index in [2.05, 4.69) is 4.74 Å². The molecular formula is C22H26O9. The fourth-order valence-electron chi connectivity index (χ4n) is 2.75. The number of esters is 2. The molecule has 1 aliphatic heterocycles. The molecule has 0 bridgehead atoms. The second kappa shape index (κ2) is 10.7. The van der Waals surface area contributed by atoms with Crippen molar-refractivity contribution in [1.82, 2.24) is 0 Å². The van der Waals surface area contributed by atoms with Gasteiger partial charge in [-0.3, -0.25) is 4.79 Å². The van der Waals surface area contributed by atoms with Crippen LogP contribution in [0.25, 0.3) is 6.08 Å². The lowest BCUT2D eigenvalue weighted by atomic mass is 9.99. The van der Waals surface area contributed by atoms with E-state index in [1.165, 1.54) is 37.5 Å². The van der Waals surface area contributed by atoms with Gasteiger partial charge in [-0.05, 0) is 31.1 Å². The summed E-state index contributed by atoms with van der Waals surface area (Å²) in [6.45, 7) is 2.92. The van der Waals surface area contributed by atoms with Gasteiger partial charge in [0.05, 0.1) is 13.2 Å². The molecule has 0 radical (unpaired) electrons. The third kappa shape index (κ3) is 6.40. The number of carbonyl (C=O) groups is 3.